The number of fused-ring (bicyclic) bond motifs is 1. The zero-order chi connectivity index (χ0) is 15.4. The van der Waals surface area contributed by atoms with E-state index in [0.29, 0.717) is 6.42 Å². The second kappa shape index (κ2) is 6.35. The predicted octanol–water partition coefficient (Wildman–Crippen LogP) is 2.80. The van der Waals surface area contributed by atoms with Gasteiger partial charge in [-0.15, -0.1) is 0 Å². The number of rotatable bonds is 7. The van der Waals surface area contributed by atoms with Crippen LogP contribution < -0.4 is 0 Å². The SMILES string of the molecule is CC[C@@H](C(=N)C(=O)CCc1c[nH]c2ccccc12)C(=O)O. The number of aliphatic carboxylic acids is 1. The van der Waals surface area contributed by atoms with Crippen LogP contribution in [-0.2, 0) is 16.0 Å². The van der Waals surface area contributed by atoms with E-state index < -0.39 is 17.7 Å². The molecule has 0 aliphatic rings. The van der Waals surface area contributed by atoms with Gasteiger partial charge in [0.05, 0.1) is 5.71 Å². The number of para-hydroxylation sites is 1. The van der Waals surface area contributed by atoms with Crippen LogP contribution in [0.15, 0.2) is 30.5 Å². The zero-order valence-corrected chi connectivity index (χ0v) is 11.8. The third-order valence-corrected chi connectivity index (χ3v) is 3.65. The lowest BCUT2D eigenvalue weighted by Crippen LogP contribution is -2.29. The third kappa shape index (κ3) is 3.18. The molecule has 2 rings (SSSR count). The molecule has 5 nitrogen and oxygen atoms in total. The van der Waals surface area contributed by atoms with Crippen molar-refractivity contribution in [2.45, 2.75) is 26.2 Å². The lowest BCUT2D eigenvalue weighted by atomic mass is 9.94. The minimum atomic E-state index is -1.11. The van der Waals surface area contributed by atoms with Crippen molar-refractivity contribution >= 4 is 28.4 Å². The number of carboxylic acids is 1. The lowest BCUT2D eigenvalue weighted by molar-refractivity contribution is -0.139. The smallest absolute Gasteiger partial charge is 0.312 e. The molecule has 0 radical (unpaired) electrons. The van der Waals surface area contributed by atoms with Gasteiger partial charge in [0, 0.05) is 23.5 Å². The quantitative estimate of drug-likeness (QED) is 0.683. The Morgan fingerprint density at radius 3 is 2.71 bits per heavy atom. The molecule has 0 aliphatic heterocycles. The Labute approximate surface area is 122 Å². The number of hydrogen-bond donors (Lipinski definition) is 3. The molecule has 110 valence electrons. The normalized spacial score (nSPS) is 12.2. The Balaban J connectivity index is 2.04. The van der Waals surface area contributed by atoms with Crippen molar-refractivity contribution in [3.05, 3.63) is 36.0 Å². The van der Waals surface area contributed by atoms with Crippen molar-refractivity contribution in [1.82, 2.24) is 4.98 Å². The monoisotopic (exact) mass is 286 g/mol. The molecule has 0 saturated carbocycles. The average Bonchev–Trinajstić information content (AvgIpc) is 2.88. The van der Waals surface area contributed by atoms with Crippen LogP contribution in [-0.4, -0.2) is 27.6 Å². The van der Waals surface area contributed by atoms with Crippen molar-refractivity contribution < 1.29 is 14.7 Å². The number of carbonyl (C=O) groups is 2. The fourth-order valence-corrected chi connectivity index (χ4v) is 2.42. The number of Topliss-reactive ketones (excluding diaryl/α,β-unsaturated/α-hetero) is 1. The molecular weight excluding hydrogens is 268 g/mol. The summed E-state index contributed by atoms with van der Waals surface area (Å²) in [6.07, 6.45) is 2.77. The van der Waals surface area contributed by atoms with Crippen LogP contribution >= 0.6 is 0 Å². The zero-order valence-electron chi connectivity index (χ0n) is 11.8. The third-order valence-electron chi connectivity index (χ3n) is 3.65. The average molecular weight is 286 g/mol. The summed E-state index contributed by atoms with van der Waals surface area (Å²) in [5.74, 6) is -2.50. The molecule has 1 atom stereocenters. The van der Waals surface area contributed by atoms with Gasteiger partial charge in [-0.05, 0) is 24.5 Å². The second-order valence-electron chi connectivity index (χ2n) is 5.00. The van der Waals surface area contributed by atoms with E-state index in [0.717, 1.165) is 16.5 Å². The van der Waals surface area contributed by atoms with Crippen molar-refractivity contribution in [3.8, 4) is 0 Å². The summed E-state index contributed by atoms with van der Waals surface area (Å²) in [4.78, 5) is 26.1. The first-order chi connectivity index (χ1) is 10.0. The maximum Gasteiger partial charge on any atom is 0.312 e. The number of carboxylic acid groups (broad SMARTS) is 1. The molecular formula is C16H18N2O3. The predicted molar refractivity (Wildman–Crippen MR) is 80.8 cm³/mol. The van der Waals surface area contributed by atoms with Gasteiger partial charge in [-0.3, -0.25) is 9.59 Å². The van der Waals surface area contributed by atoms with E-state index in [1.54, 1.807) is 6.92 Å². The van der Waals surface area contributed by atoms with E-state index in [4.69, 9.17) is 10.5 Å². The molecule has 1 aromatic heterocycles. The van der Waals surface area contributed by atoms with E-state index in [2.05, 4.69) is 4.98 Å². The van der Waals surface area contributed by atoms with Crippen LogP contribution in [0.1, 0.15) is 25.3 Å². The molecule has 0 amide bonds. The maximum atomic E-state index is 12.0. The first kappa shape index (κ1) is 15.0. The molecule has 1 aromatic carbocycles. The number of aryl methyl sites for hydroxylation is 1. The van der Waals surface area contributed by atoms with E-state index >= 15 is 0 Å². The molecule has 0 unspecified atom stereocenters. The number of aromatic nitrogens is 1. The number of aromatic amines is 1. The van der Waals surface area contributed by atoms with Crippen molar-refractivity contribution in [3.63, 3.8) is 0 Å². The lowest BCUT2D eigenvalue weighted by Gasteiger charge is -2.10. The Kier molecular flexibility index (Phi) is 4.52. The summed E-state index contributed by atoms with van der Waals surface area (Å²) in [6, 6.07) is 7.80. The number of benzene rings is 1. The first-order valence-corrected chi connectivity index (χ1v) is 6.94. The van der Waals surface area contributed by atoms with Crippen LogP contribution in [0.3, 0.4) is 0 Å². The van der Waals surface area contributed by atoms with Gasteiger partial charge in [0.15, 0.2) is 5.78 Å². The van der Waals surface area contributed by atoms with Crippen LogP contribution in [0.2, 0.25) is 0 Å². The molecule has 0 spiro atoms. The number of carbonyl (C=O) groups excluding carboxylic acids is 1. The van der Waals surface area contributed by atoms with E-state index in [-0.39, 0.29) is 18.6 Å². The van der Waals surface area contributed by atoms with Gasteiger partial charge in [-0.2, -0.15) is 0 Å². The van der Waals surface area contributed by atoms with E-state index in [1.807, 2.05) is 30.5 Å². The molecule has 3 N–H and O–H groups in total. The van der Waals surface area contributed by atoms with Gasteiger partial charge < -0.3 is 15.5 Å². The molecule has 0 aliphatic carbocycles. The Morgan fingerprint density at radius 1 is 1.33 bits per heavy atom. The van der Waals surface area contributed by atoms with Gasteiger partial charge in [0.1, 0.15) is 5.92 Å². The van der Waals surface area contributed by atoms with E-state index in [1.165, 1.54) is 0 Å². The standard InChI is InChI=1S/C16H18N2O3/c1-2-11(16(20)21)15(17)14(19)8-7-10-9-18-13-6-4-3-5-12(10)13/h3-6,9,11,17-18H,2,7-8H2,1H3,(H,20,21)/t11-/m0/s1. The molecule has 1 heterocycles. The van der Waals surface area contributed by atoms with Gasteiger partial charge in [0.25, 0.3) is 0 Å². The maximum absolute atomic E-state index is 12.0. The fourth-order valence-electron chi connectivity index (χ4n) is 2.42. The Morgan fingerprint density at radius 2 is 2.05 bits per heavy atom. The summed E-state index contributed by atoms with van der Waals surface area (Å²) in [5.41, 5.74) is 1.71. The number of H-pyrrole nitrogens is 1. The van der Waals surface area contributed by atoms with Gasteiger partial charge in [0.2, 0.25) is 0 Å². The molecule has 5 heteroatoms. The summed E-state index contributed by atoms with van der Waals surface area (Å²) < 4.78 is 0. The van der Waals surface area contributed by atoms with Crippen LogP contribution in [0, 0.1) is 11.3 Å². The number of hydrogen-bond acceptors (Lipinski definition) is 3. The van der Waals surface area contributed by atoms with Gasteiger partial charge >= 0.3 is 5.97 Å². The minimum Gasteiger partial charge on any atom is -0.481 e. The fraction of sp³-hybridized carbons (Fsp3) is 0.312. The van der Waals surface area contributed by atoms with Crippen molar-refractivity contribution in [2.24, 2.45) is 5.92 Å². The highest BCUT2D eigenvalue weighted by Gasteiger charge is 2.25. The van der Waals surface area contributed by atoms with Crippen molar-refractivity contribution in [1.29, 1.82) is 5.41 Å². The van der Waals surface area contributed by atoms with Crippen LogP contribution in [0.5, 0.6) is 0 Å². The summed E-state index contributed by atoms with van der Waals surface area (Å²) in [7, 11) is 0. The highest BCUT2D eigenvalue weighted by molar-refractivity contribution is 6.42. The number of ketones is 1. The summed E-state index contributed by atoms with van der Waals surface area (Å²) in [5, 5.41) is 17.8. The highest BCUT2D eigenvalue weighted by atomic mass is 16.4. The Bertz CT molecular complexity index is 688. The Hall–Kier alpha value is -2.43. The van der Waals surface area contributed by atoms with Gasteiger partial charge in [-0.25, -0.2) is 0 Å². The van der Waals surface area contributed by atoms with Gasteiger partial charge in [-0.1, -0.05) is 25.1 Å². The largest absolute Gasteiger partial charge is 0.481 e. The summed E-state index contributed by atoms with van der Waals surface area (Å²) >= 11 is 0. The minimum absolute atomic E-state index is 0.157. The first-order valence-electron chi connectivity index (χ1n) is 6.94. The molecule has 21 heavy (non-hydrogen) atoms. The topological polar surface area (TPSA) is 94.0 Å². The van der Waals surface area contributed by atoms with Crippen LogP contribution in [0.25, 0.3) is 10.9 Å². The molecule has 0 fully saturated rings. The van der Waals surface area contributed by atoms with Crippen LogP contribution in [0.4, 0.5) is 0 Å². The molecule has 0 saturated heterocycles. The highest BCUT2D eigenvalue weighted by Crippen LogP contribution is 2.19. The number of nitrogens with one attached hydrogen (secondary N) is 2. The van der Waals surface area contributed by atoms with E-state index in [9.17, 15) is 9.59 Å². The molecule has 0 bridgehead atoms. The second-order valence-corrected chi connectivity index (χ2v) is 5.00. The summed E-state index contributed by atoms with van der Waals surface area (Å²) in [6.45, 7) is 1.67. The molecule has 2 aromatic rings. The van der Waals surface area contributed by atoms with Crippen molar-refractivity contribution in [2.75, 3.05) is 0 Å².